The van der Waals surface area contributed by atoms with E-state index in [0.717, 1.165) is 18.1 Å². The van der Waals surface area contributed by atoms with E-state index in [9.17, 15) is 18.0 Å². The summed E-state index contributed by atoms with van der Waals surface area (Å²) in [4.78, 5) is 12.3. The van der Waals surface area contributed by atoms with Crippen LogP contribution in [0.3, 0.4) is 0 Å². The van der Waals surface area contributed by atoms with Crippen molar-refractivity contribution in [2.45, 2.75) is 32.4 Å². The molecule has 0 aliphatic rings. The maximum atomic E-state index is 13.5. The van der Waals surface area contributed by atoms with Crippen molar-refractivity contribution in [2.24, 2.45) is 0 Å². The SMILES string of the molecule is CCC(C)c1ccccc1OCC(=O)Nc1ccc(-n2cccn2)cc1C(F)(F)F. The summed E-state index contributed by atoms with van der Waals surface area (Å²) >= 11 is 0. The predicted octanol–water partition coefficient (Wildman–Crippen LogP) is 5.42. The highest BCUT2D eigenvalue weighted by Gasteiger charge is 2.34. The summed E-state index contributed by atoms with van der Waals surface area (Å²) < 4.78 is 47.5. The van der Waals surface area contributed by atoms with Crippen molar-refractivity contribution < 1.29 is 22.7 Å². The van der Waals surface area contributed by atoms with Crippen LogP contribution in [-0.2, 0) is 11.0 Å². The van der Waals surface area contributed by atoms with Crippen molar-refractivity contribution in [3.05, 3.63) is 72.1 Å². The second-order valence-corrected chi connectivity index (χ2v) is 6.86. The highest BCUT2D eigenvalue weighted by molar-refractivity contribution is 5.93. The van der Waals surface area contributed by atoms with E-state index < -0.39 is 24.3 Å². The van der Waals surface area contributed by atoms with E-state index in [-0.39, 0.29) is 17.3 Å². The number of carbonyl (C=O) groups is 1. The lowest BCUT2D eigenvalue weighted by atomic mass is 9.98. The van der Waals surface area contributed by atoms with Crippen molar-refractivity contribution in [2.75, 3.05) is 11.9 Å². The monoisotopic (exact) mass is 417 g/mol. The topological polar surface area (TPSA) is 56.1 Å². The Morgan fingerprint density at radius 1 is 1.20 bits per heavy atom. The van der Waals surface area contributed by atoms with Gasteiger partial charge < -0.3 is 10.1 Å². The number of alkyl halides is 3. The number of hydrogen-bond acceptors (Lipinski definition) is 3. The number of rotatable bonds is 7. The van der Waals surface area contributed by atoms with E-state index in [2.05, 4.69) is 10.4 Å². The van der Waals surface area contributed by atoms with Gasteiger partial charge in [-0.05, 0) is 48.2 Å². The first kappa shape index (κ1) is 21.4. The van der Waals surface area contributed by atoms with Crippen molar-refractivity contribution in [1.82, 2.24) is 9.78 Å². The van der Waals surface area contributed by atoms with Gasteiger partial charge in [-0.2, -0.15) is 18.3 Å². The first-order chi connectivity index (χ1) is 14.3. The number of amides is 1. The van der Waals surface area contributed by atoms with Crippen LogP contribution >= 0.6 is 0 Å². The molecule has 0 radical (unpaired) electrons. The molecule has 158 valence electrons. The molecule has 0 saturated carbocycles. The fourth-order valence-electron chi connectivity index (χ4n) is 3.01. The molecule has 3 rings (SSSR count). The molecule has 1 aromatic heterocycles. The molecule has 1 atom stereocenters. The van der Waals surface area contributed by atoms with Gasteiger partial charge in [-0.1, -0.05) is 32.0 Å². The lowest BCUT2D eigenvalue weighted by Crippen LogP contribution is -2.23. The largest absolute Gasteiger partial charge is 0.483 e. The lowest BCUT2D eigenvalue weighted by molar-refractivity contribution is -0.137. The summed E-state index contributed by atoms with van der Waals surface area (Å²) in [5, 5.41) is 6.24. The molecular weight excluding hydrogens is 395 g/mol. The standard InChI is InChI=1S/C22H22F3N3O2/c1-3-15(2)17-7-4-5-8-20(17)30-14-21(29)27-19-10-9-16(28-12-6-11-26-28)13-18(19)22(23,24)25/h4-13,15H,3,14H2,1-2H3,(H,27,29). The molecule has 2 aromatic carbocycles. The molecule has 0 aliphatic heterocycles. The van der Waals surface area contributed by atoms with Gasteiger partial charge in [0, 0.05) is 12.4 Å². The number of carbonyl (C=O) groups excluding carboxylic acids is 1. The van der Waals surface area contributed by atoms with Crippen LogP contribution in [0.1, 0.15) is 37.3 Å². The minimum Gasteiger partial charge on any atom is -0.483 e. The summed E-state index contributed by atoms with van der Waals surface area (Å²) in [6.45, 7) is 3.68. The average Bonchev–Trinajstić information content (AvgIpc) is 3.26. The highest BCUT2D eigenvalue weighted by Crippen LogP contribution is 2.36. The quantitative estimate of drug-likeness (QED) is 0.558. The zero-order valence-electron chi connectivity index (χ0n) is 16.6. The molecule has 8 heteroatoms. The third-order valence-corrected chi connectivity index (χ3v) is 4.77. The Labute approximate surface area is 172 Å². The minimum atomic E-state index is -4.64. The fraction of sp³-hybridized carbons (Fsp3) is 0.273. The van der Waals surface area contributed by atoms with Crippen LogP contribution in [-0.4, -0.2) is 22.3 Å². The Morgan fingerprint density at radius 2 is 1.97 bits per heavy atom. The Bertz CT molecular complexity index is 1000. The number of para-hydroxylation sites is 1. The molecule has 1 heterocycles. The van der Waals surface area contributed by atoms with Gasteiger partial charge in [-0.15, -0.1) is 0 Å². The van der Waals surface area contributed by atoms with Crippen LogP contribution in [0.15, 0.2) is 60.9 Å². The molecule has 5 nitrogen and oxygen atoms in total. The molecule has 1 N–H and O–H groups in total. The Hall–Kier alpha value is -3.29. The number of aromatic nitrogens is 2. The van der Waals surface area contributed by atoms with E-state index in [1.807, 2.05) is 26.0 Å². The van der Waals surface area contributed by atoms with Gasteiger partial charge >= 0.3 is 6.18 Å². The van der Waals surface area contributed by atoms with Crippen molar-refractivity contribution >= 4 is 11.6 Å². The molecule has 1 amide bonds. The van der Waals surface area contributed by atoms with E-state index in [0.29, 0.717) is 5.75 Å². The molecule has 1 unspecified atom stereocenters. The molecular formula is C22H22F3N3O2. The van der Waals surface area contributed by atoms with Crippen LogP contribution in [0.5, 0.6) is 5.75 Å². The van der Waals surface area contributed by atoms with Crippen LogP contribution in [0.2, 0.25) is 0 Å². The summed E-state index contributed by atoms with van der Waals surface area (Å²) in [5.74, 6) is 0.106. The maximum Gasteiger partial charge on any atom is 0.418 e. The Morgan fingerprint density at radius 3 is 2.63 bits per heavy atom. The van der Waals surface area contributed by atoms with Gasteiger partial charge in [0.05, 0.1) is 16.9 Å². The number of nitrogens with zero attached hydrogens (tertiary/aromatic N) is 2. The van der Waals surface area contributed by atoms with Crippen molar-refractivity contribution in [3.63, 3.8) is 0 Å². The second-order valence-electron chi connectivity index (χ2n) is 6.86. The minimum absolute atomic E-state index is 0.232. The fourth-order valence-corrected chi connectivity index (χ4v) is 3.01. The summed E-state index contributed by atoms with van der Waals surface area (Å²) in [6, 6.07) is 12.5. The second kappa shape index (κ2) is 9.02. The number of halogens is 3. The molecule has 30 heavy (non-hydrogen) atoms. The van der Waals surface area contributed by atoms with Gasteiger partial charge in [0.1, 0.15) is 5.75 Å². The third-order valence-electron chi connectivity index (χ3n) is 4.77. The van der Waals surface area contributed by atoms with Gasteiger partial charge in [-0.25, -0.2) is 4.68 Å². The summed E-state index contributed by atoms with van der Waals surface area (Å²) in [5.41, 5.74) is -0.0949. The molecule has 0 spiro atoms. The van der Waals surface area contributed by atoms with Crippen LogP contribution in [0.4, 0.5) is 18.9 Å². The summed E-state index contributed by atoms with van der Waals surface area (Å²) in [7, 11) is 0. The molecule has 0 bridgehead atoms. The van der Waals surface area contributed by atoms with E-state index in [1.54, 1.807) is 18.2 Å². The first-order valence-corrected chi connectivity index (χ1v) is 9.52. The number of hydrogen-bond donors (Lipinski definition) is 1. The number of benzene rings is 2. The van der Waals surface area contributed by atoms with E-state index >= 15 is 0 Å². The predicted molar refractivity (Wildman–Crippen MR) is 108 cm³/mol. The van der Waals surface area contributed by atoms with Crippen molar-refractivity contribution in [1.29, 1.82) is 0 Å². The van der Waals surface area contributed by atoms with Crippen LogP contribution in [0, 0.1) is 0 Å². The van der Waals surface area contributed by atoms with Crippen LogP contribution < -0.4 is 10.1 Å². The molecule has 0 aliphatic carbocycles. The van der Waals surface area contributed by atoms with Crippen LogP contribution in [0.25, 0.3) is 5.69 Å². The van der Waals surface area contributed by atoms with Gasteiger partial charge in [0.2, 0.25) is 0 Å². The summed E-state index contributed by atoms with van der Waals surface area (Å²) in [6.07, 6.45) is -0.742. The van der Waals surface area contributed by atoms with E-state index in [4.69, 9.17) is 4.74 Å². The molecule has 0 saturated heterocycles. The van der Waals surface area contributed by atoms with Crippen molar-refractivity contribution in [3.8, 4) is 11.4 Å². The zero-order chi connectivity index (χ0) is 21.7. The lowest BCUT2D eigenvalue weighted by Gasteiger charge is -2.17. The van der Waals surface area contributed by atoms with Gasteiger partial charge in [-0.3, -0.25) is 4.79 Å². The number of anilines is 1. The number of nitrogens with one attached hydrogen (secondary N) is 1. The molecule has 0 fully saturated rings. The average molecular weight is 417 g/mol. The smallest absolute Gasteiger partial charge is 0.418 e. The first-order valence-electron chi connectivity index (χ1n) is 9.52. The normalized spacial score (nSPS) is 12.4. The highest BCUT2D eigenvalue weighted by atomic mass is 19.4. The van der Waals surface area contributed by atoms with E-state index in [1.165, 1.54) is 29.2 Å². The Kier molecular flexibility index (Phi) is 6.44. The van der Waals surface area contributed by atoms with Gasteiger partial charge in [0.15, 0.2) is 6.61 Å². The zero-order valence-corrected chi connectivity index (χ0v) is 16.6. The molecule has 3 aromatic rings. The number of ether oxygens (including phenoxy) is 1. The van der Waals surface area contributed by atoms with Gasteiger partial charge in [0.25, 0.3) is 5.91 Å². The Balaban J connectivity index is 1.76. The third kappa shape index (κ3) is 5.00. The maximum absolute atomic E-state index is 13.5.